The van der Waals surface area contributed by atoms with Crippen molar-refractivity contribution in [3.63, 3.8) is 0 Å². The summed E-state index contributed by atoms with van der Waals surface area (Å²) < 4.78 is 0. The quantitative estimate of drug-likeness (QED) is 0.613. The van der Waals surface area contributed by atoms with E-state index < -0.39 is 5.41 Å². The van der Waals surface area contributed by atoms with Gasteiger partial charge in [-0.25, -0.2) is 0 Å². The molecular formula is C8H11N2O-. The minimum atomic E-state index is -0.792. The largest absolute Gasteiger partial charge is 0.763 e. The Morgan fingerprint density at radius 3 is 2.55 bits per heavy atom. The Labute approximate surface area is 66.5 Å². The Kier molecular flexibility index (Phi) is 3.53. The minimum absolute atomic E-state index is 0.206. The molecule has 0 bridgehead atoms. The molecule has 3 nitrogen and oxygen atoms in total. The second-order valence-corrected chi connectivity index (χ2v) is 2.90. The molecule has 0 spiro atoms. The highest BCUT2D eigenvalue weighted by Gasteiger charge is 2.22. The van der Waals surface area contributed by atoms with Gasteiger partial charge in [0.15, 0.2) is 0 Å². The van der Waals surface area contributed by atoms with Crippen molar-refractivity contribution in [3.05, 3.63) is 11.0 Å². The summed E-state index contributed by atoms with van der Waals surface area (Å²) in [5.41, 5.74) is -0.220. The first kappa shape index (κ1) is 9.90. The molecular weight excluding hydrogens is 140 g/mol. The van der Waals surface area contributed by atoms with Crippen LogP contribution in [0, 0.1) is 16.7 Å². The van der Waals surface area contributed by atoms with E-state index in [1.807, 2.05) is 11.9 Å². The lowest BCUT2D eigenvalue weighted by Gasteiger charge is -2.17. The predicted molar refractivity (Wildman–Crippen MR) is 43.0 cm³/mol. The van der Waals surface area contributed by atoms with E-state index in [-0.39, 0.29) is 6.61 Å². The molecule has 11 heavy (non-hydrogen) atoms. The third kappa shape index (κ3) is 2.99. The molecule has 0 fully saturated rings. The van der Waals surface area contributed by atoms with Gasteiger partial charge in [0.25, 0.3) is 0 Å². The summed E-state index contributed by atoms with van der Waals surface area (Å²) in [5.74, 6) is 1.94. The fraction of sp³-hybridized carbons (Fsp3) is 0.625. The van der Waals surface area contributed by atoms with E-state index in [1.165, 1.54) is 0 Å². The number of nitrogens with zero attached hydrogens (tertiary/aromatic N) is 2. The molecule has 1 unspecified atom stereocenters. The van der Waals surface area contributed by atoms with E-state index in [0.29, 0.717) is 12.0 Å². The summed E-state index contributed by atoms with van der Waals surface area (Å²) in [6, 6.07) is 1.97. The molecule has 0 aromatic rings. The van der Waals surface area contributed by atoms with Crippen molar-refractivity contribution >= 4 is 5.87 Å². The second-order valence-electron chi connectivity index (χ2n) is 2.90. The lowest BCUT2D eigenvalue weighted by molar-refractivity contribution is 0.190. The van der Waals surface area contributed by atoms with E-state index in [1.54, 1.807) is 13.8 Å². The maximum atomic E-state index is 8.78. The molecule has 0 heterocycles. The van der Waals surface area contributed by atoms with E-state index in [2.05, 4.69) is 0 Å². The van der Waals surface area contributed by atoms with Crippen LogP contribution >= 0.6 is 0 Å². The zero-order chi connectivity index (χ0) is 8.91. The molecule has 0 saturated carbocycles. The number of aliphatic hydroxyl groups is 1. The van der Waals surface area contributed by atoms with Gasteiger partial charge >= 0.3 is 0 Å². The van der Waals surface area contributed by atoms with Crippen LogP contribution < -0.4 is 0 Å². The van der Waals surface area contributed by atoms with Crippen LogP contribution in [0.2, 0.25) is 0 Å². The van der Waals surface area contributed by atoms with Gasteiger partial charge in [-0.15, -0.1) is 0 Å². The lowest BCUT2D eigenvalue weighted by atomic mass is 9.87. The maximum Gasteiger partial charge on any atom is 0.0818 e. The van der Waals surface area contributed by atoms with E-state index in [9.17, 15) is 0 Å². The van der Waals surface area contributed by atoms with E-state index >= 15 is 0 Å². The second kappa shape index (κ2) is 3.92. The first-order valence-electron chi connectivity index (χ1n) is 3.32. The average Bonchev–Trinajstić information content (AvgIpc) is 2.04. The highest BCUT2D eigenvalue weighted by molar-refractivity contribution is 5.60. The summed E-state index contributed by atoms with van der Waals surface area (Å²) in [6.07, 6.45) is 0.344. The topological polar surface area (TPSA) is 66.3 Å². The van der Waals surface area contributed by atoms with Gasteiger partial charge in [-0.2, -0.15) is 5.26 Å². The monoisotopic (exact) mass is 151 g/mol. The predicted octanol–water partition coefficient (Wildman–Crippen LogP) is 1.08. The molecule has 0 aliphatic rings. The molecule has 0 aliphatic carbocycles. The molecule has 1 N–H and O–H groups in total. The third-order valence-electron chi connectivity index (χ3n) is 1.47. The average molecular weight is 151 g/mol. The lowest BCUT2D eigenvalue weighted by Crippen LogP contribution is -2.19. The summed E-state index contributed by atoms with van der Waals surface area (Å²) in [6.45, 7) is 3.08. The molecule has 0 aromatic carbocycles. The van der Waals surface area contributed by atoms with Crippen LogP contribution in [-0.4, -0.2) is 17.6 Å². The third-order valence-corrected chi connectivity index (χ3v) is 1.47. The number of rotatable bonds is 3. The van der Waals surface area contributed by atoms with Crippen LogP contribution in [-0.2, 0) is 0 Å². The molecule has 1 atom stereocenters. The number of allylic oxidation sites excluding steroid dienone is 1. The number of nitriles is 1. The molecule has 3 heteroatoms. The normalized spacial score (nSPS) is 14.4. The van der Waals surface area contributed by atoms with Crippen LogP contribution in [0.3, 0.4) is 0 Å². The molecule has 60 valence electrons. The van der Waals surface area contributed by atoms with Crippen molar-refractivity contribution in [1.29, 1.82) is 5.26 Å². The summed E-state index contributed by atoms with van der Waals surface area (Å²) >= 11 is 0. The molecule has 0 aromatic heterocycles. The zero-order valence-electron chi connectivity index (χ0n) is 6.76. The van der Waals surface area contributed by atoms with E-state index in [0.717, 1.165) is 0 Å². The fourth-order valence-corrected chi connectivity index (χ4v) is 0.756. The first-order chi connectivity index (χ1) is 5.08. The molecule has 0 amide bonds. The van der Waals surface area contributed by atoms with Crippen molar-refractivity contribution in [2.45, 2.75) is 20.3 Å². The Balaban J connectivity index is 4.35. The van der Waals surface area contributed by atoms with Gasteiger partial charge in [0.2, 0.25) is 0 Å². The van der Waals surface area contributed by atoms with Gasteiger partial charge < -0.3 is 10.5 Å². The minimum Gasteiger partial charge on any atom is -0.763 e. The van der Waals surface area contributed by atoms with Crippen molar-refractivity contribution in [3.8, 4) is 6.07 Å². The Morgan fingerprint density at radius 1 is 1.73 bits per heavy atom. The van der Waals surface area contributed by atoms with Crippen molar-refractivity contribution in [2.24, 2.45) is 5.41 Å². The summed E-state index contributed by atoms with van der Waals surface area (Å²) in [7, 11) is 0. The van der Waals surface area contributed by atoms with Gasteiger partial charge in [-0.1, -0.05) is 5.57 Å². The first-order valence-corrected chi connectivity index (χ1v) is 3.32. The number of hydrogen-bond acceptors (Lipinski definition) is 2. The standard InChI is InChI=1S/C8H11N2O/c1-7(4-9)3-8(2,5-10)6-11/h11H,3,6H2,1-2H3/q-1. The molecule has 0 radical (unpaired) electrons. The SMILES string of the molecule is CC(=C=[N-])CC(C)(C#N)CO. The van der Waals surface area contributed by atoms with Crippen LogP contribution in [0.4, 0.5) is 0 Å². The van der Waals surface area contributed by atoms with Gasteiger partial charge in [-0.05, 0) is 20.3 Å². The highest BCUT2D eigenvalue weighted by atomic mass is 16.3. The van der Waals surface area contributed by atoms with Crippen molar-refractivity contribution in [1.82, 2.24) is 0 Å². The van der Waals surface area contributed by atoms with Gasteiger partial charge in [0.1, 0.15) is 0 Å². The van der Waals surface area contributed by atoms with Crippen molar-refractivity contribution < 1.29 is 5.11 Å². The molecule has 0 saturated heterocycles. The maximum absolute atomic E-state index is 8.78. The Morgan fingerprint density at radius 2 is 2.27 bits per heavy atom. The highest BCUT2D eigenvalue weighted by Crippen LogP contribution is 2.22. The number of hydrogen-bond donors (Lipinski definition) is 1. The van der Waals surface area contributed by atoms with Crippen LogP contribution in [0.5, 0.6) is 0 Å². The smallest absolute Gasteiger partial charge is 0.0818 e. The van der Waals surface area contributed by atoms with Crippen LogP contribution in [0.25, 0.3) is 5.41 Å². The fourth-order valence-electron chi connectivity index (χ4n) is 0.756. The Hall–Kier alpha value is -1.10. The van der Waals surface area contributed by atoms with Crippen LogP contribution in [0.15, 0.2) is 5.57 Å². The van der Waals surface area contributed by atoms with Crippen molar-refractivity contribution in [2.75, 3.05) is 6.61 Å². The van der Waals surface area contributed by atoms with Crippen LogP contribution in [0.1, 0.15) is 20.3 Å². The van der Waals surface area contributed by atoms with Gasteiger partial charge in [0, 0.05) is 0 Å². The molecule has 0 rings (SSSR count). The summed E-state index contributed by atoms with van der Waals surface area (Å²) in [4.78, 5) is 0. The Bertz CT molecular complexity index is 223. The zero-order valence-corrected chi connectivity index (χ0v) is 6.76. The summed E-state index contributed by atoms with van der Waals surface area (Å²) in [5, 5.41) is 25.8. The van der Waals surface area contributed by atoms with E-state index in [4.69, 9.17) is 15.8 Å². The van der Waals surface area contributed by atoms with Gasteiger partial charge in [-0.3, -0.25) is 5.87 Å². The van der Waals surface area contributed by atoms with Gasteiger partial charge in [0.05, 0.1) is 18.1 Å². The number of aliphatic hydroxyl groups excluding tert-OH is 1. The molecule has 0 aliphatic heterocycles.